The third-order valence-corrected chi connectivity index (χ3v) is 5.03. The fourth-order valence-corrected chi connectivity index (χ4v) is 3.50. The molecule has 5 rings (SSSR count). The molecule has 0 atom stereocenters. The molecule has 144 valence electrons. The van der Waals surface area contributed by atoms with Crippen molar-refractivity contribution in [1.82, 2.24) is 25.3 Å². The number of aromatic amines is 1. The molecule has 2 aromatic carbocycles. The van der Waals surface area contributed by atoms with Gasteiger partial charge in [-0.15, -0.1) is 0 Å². The molecule has 0 radical (unpaired) electrons. The zero-order chi connectivity index (χ0) is 19.5. The zero-order valence-corrected chi connectivity index (χ0v) is 15.9. The molecule has 2 aromatic heterocycles. The van der Waals surface area contributed by atoms with Crippen molar-refractivity contribution in [2.75, 3.05) is 13.1 Å². The Bertz CT molecular complexity index is 1150. The molecule has 0 unspecified atom stereocenters. The lowest BCUT2D eigenvalue weighted by atomic mass is 10.1. The van der Waals surface area contributed by atoms with Crippen molar-refractivity contribution in [3.63, 3.8) is 0 Å². The Morgan fingerprint density at radius 2 is 1.83 bits per heavy atom. The van der Waals surface area contributed by atoms with E-state index in [0.29, 0.717) is 12.3 Å². The monoisotopic (exact) mass is 383 g/mol. The minimum Gasteiger partial charge on any atom is -0.489 e. The van der Waals surface area contributed by atoms with E-state index < -0.39 is 0 Å². The van der Waals surface area contributed by atoms with Crippen molar-refractivity contribution in [2.24, 2.45) is 0 Å². The second kappa shape index (κ2) is 7.85. The van der Waals surface area contributed by atoms with Gasteiger partial charge in [0.1, 0.15) is 30.0 Å². The quantitative estimate of drug-likeness (QED) is 0.545. The second-order valence-corrected chi connectivity index (χ2v) is 6.99. The molecule has 6 heteroatoms. The lowest BCUT2D eigenvalue weighted by Gasteiger charge is -2.13. The van der Waals surface area contributed by atoms with Crippen LogP contribution in [0.2, 0.25) is 0 Å². The predicted molar refractivity (Wildman–Crippen MR) is 113 cm³/mol. The van der Waals surface area contributed by atoms with Crippen molar-refractivity contribution in [3.8, 4) is 17.1 Å². The number of benzene rings is 2. The van der Waals surface area contributed by atoms with Crippen LogP contribution in [-0.2, 0) is 6.61 Å². The molecule has 4 aromatic rings. The summed E-state index contributed by atoms with van der Waals surface area (Å²) >= 11 is 0. The third kappa shape index (κ3) is 3.75. The van der Waals surface area contributed by atoms with Gasteiger partial charge < -0.3 is 15.0 Å². The Labute approximate surface area is 168 Å². The van der Waals surface area contributed by atoms with Gasteiger partial charge in [0, 0.05) is 12.1 Å². The van der Waals surface area contributed by atoms with Crippen molar-refractivity contribution < 1.29 is 4.74 Å². The van der Waals surface area contributed by atoms with Gasteiger partial charge >= 0.3 is 0 Å². The van der Waals surface area contributed by atoms with E-state index in [1.54, 1.807) is 6.33 Å². The number of imidazole rings is 1. The maximum atomic E-state index is 5.87. The molecule has 0 spiro atoms. The van der Waals surface area contributed by atoms with Crippen LogP contribution < -0.4 is 10.1 Å². The van der Waals surface area contributed by atoms with Crippen LogP contribution in [0, 0.1) is 0 Å². The fourth-order valence-electron chi connectivity index (χ4n) is 3.50. The minimum atomic E-state index is 0.549. The van der Waals surface area contributed by atoms with Crippen molar-refractivity contribution >= 4 is 16.7 Å². The van der Waals surface area contributed by atoms with Crippen LogP contribution in [0.15, 0.2) is 67.0 Å². The highest BCUT2D eigenvalue weighted by Gasteiger charge is 2.15. The van der Waals surface area contributed by atoms with Crippen LogP contribution >= 0.6 is 0 Å². The summed E-state index contributed by atoms with van der Waals surface area (Å²) in [7, 11) is 0. The summed E-state index contributed by atoms with van der Waals surface area (Å²) in [6.45, 7) is 2.38. The molecule has 0 bridgehead atoms. The van der Waals surface area contributed by atoms with E-state index >= 15 is 0 Å². The summed E-state index contributed by atoms with van der Waals surface area (Å²) < 4.78 is 5.87. The highest BCUT2D eigenvalue weighted by molar-refractivity contribution is 5.87. The van der Waals surface area contributed by atoms with Gasteiger partial charge in [-0.1, -0.05) is 36.4 Å². The van der Waals surface area contributed by atoms with E-state index in [4.69, 9.17) is 4.74 Å². The first-order valence-electron chi connectivity index (χ1n) is 9.75. The molecule has 6 nitrogen and oxygen atoms in total. The Morgan fingerprint density at radius 3 is 2.62 bits per heavy atom. The maximum Gasteiger partial charge on any atom is 0.181 e. The molecule has 0 fully saturated rings. The van der Waals surface area contributed by atoms with Crippen LogP contribution in [0.25, 0.3) is 28.1 Å². The van der Waals surface area contributed by atoms with Gasteiger partial charge in [0.25, 0.3) is 0 Å². The van der Waals surface area contributed by atoms with Crippen molar-refractivity contribution in [1.29, 1.82) is 0 Å². The number of hydrogen-bond donors (Lipinski definition) is 2. The average molecular weight is 383 g/mol. The van der Waals surface area contributed by atoms with E-state index in [1.807, 2.05) is 42.5 Å². The minimum absolute atomic E-state index is 0.549. The summed E-state index contributed by atoms with van der Waals surface area (Å²) in [5.74, 6) is 1.61. The first-order valence-corrected chi connectivity index (χ1v) is 9.75. The summed E-state index contributed by atoms with van der Waals surface area (Å²) in [5, 5.41) is 3.33. The summed E-state index contributed by atoms with van der Waals surface area (Å²) in [6, 6.07) is 18.1. The second-order valence-electron chi connectivity index (χ2n) is 6.99. The summed E-state index contributed by atoms with van der Waals surface area (Å²) in [6.07, 6.45) is 4.73. The molecule has 0 amide bonds. The predicted octanol–water partition coefficient (Wildman–Crippen LogP) is 3.98. The van der Waals surface area contributed by atoms with Crippen LogP contribution in [0.3, 0.4) is 0 Å². The molecule has 0 aliphatic carbocycles. The molecule has 2 N–H and O–H groups in total. The lowest BCUT2D eigenvalue weighted by Crippen LogP contribution is -2.20. The normalized spacial score (nSPS) is 14.0. The molecule has 1 aliphatic heterocycles. The van der Waals surface area contributed by atoms with Gasteiger partial charge in [0.2, 0.25) is 0 Å². The van der Waals surface area contributed by atoms with E-state index in [2.05, 4.69) is 43.5 Å². The number of nitrogens with zero attached hydrogens (tertiary/aromatic N) is 3. The number of nitrogens with one attached hydrogen (secondary N) is 2. The van der Waals surface area contributed by atoms with E-state index in [9.17, 15) is 0 Å². The van der Waals surface area contributed by atoms with Gasteiger partial charge in [-0.3, -0.25) is 0 Å². The number of rotatable bonds is 5. The largest absolute Gasteiger partial charge is 0.489 e. The number of ether oxygens (including phenoxy) is 1. The van der Waals surface area contributed by atoms with Crippen molar-refractivity contribution in [3.05, 3.63) is 78.3 Å². The van der Waals surface area contributed by atoms with E-state index in [1.165, 1.54) is 5.57 Å². The first kappa shape index (κ1) is 17.6. The number of aromatic nitrogens is 4. The molecular formula is C23H21N5O. The average Bonchev–Trinajstić information content (AvgIpc) is 3.24. The number of H-pyrrole nitrogens is 1. The van der Waals surface area contributed by atoms with E-state index in [0.717, 1.165) is 53.4 Å². The first-order chi connectivity index (χ1) is 14.4. The zero-order valence-electron chi connectivity index (χ0n) is 15.9. The molecule has 0 saturated heterocycles. The maximum absolute atomic E-state index is 5.87. The van der Waals surface area contributed by atoms with Crippen LogP contribution in [-0.4, -0.2) is 33.0 Å². The molecule has 0 saturated carbocycles. The topological polar surface area (TPSA) is 75.7 Å². The van der Waals surface area contributed by atoms with Gasteiger partial charge in [0.05, 0.1) is 5.69 Å². The standard InChI is InChI=1S/C23H21N5O/c1-2-4-16(5-3-1)14-29-19-8-6-18(7-9-19)22-27-21-20(17-10-12-24-13-11-17)25-15-26-23(21)28-22/h1-10,15,24H,11-14H2,(H,25,26,27,28). The molecular weight excluding hydrogens is 362 g/mol. The molecule has 29 heavy (non-hydrogen) atoms. The lowest BCUT2D eigenvalue weighted by molar-refractivity contribution is 0.306. The van der Waals surface area contributed by atoms with Gasteiger partial charge in [-0.2, -0.15) is 0 Å². The SMILES string of the molecule is C1=C(c2ncnc3nc(-c4ccc(OCc5ccccc5)cc4)[nH]c23)CCNC1. The van der Waals surface area contributed by atoms with Crippen LogP contribution in [0.1, 0.15) is 17.7 Å². The molecule has 1 aliphatic rings. The van der Waals surface area contributed by atoms with E-state index in [-0.39, 0.29) is 0 Å². The van der Waals surface area contributed by atoms with Crippen LogP contribution in [0.4, 0.5) is 0 Å². The van der Waals surface area contributed by atoms with Crippen LogP contribution in [0.5, 0.6) is 5.75 Å². The van der Waals surface area contributed by atoms with Gasteiger partial charge in [-0.25, -0.2) is 15.0 Å². The number of fused-ring (bicyclic) bond motifs is 1. The Morgan fingerprint density at radius 1 is 0.966 bits per heavy atom. The molecule has 3 heterocycles. The van der Waals surface area contributed by atoms with Crippen molar-refractivity contribution in [2.45, 2.75) is 13.0 Å². The van der Waals surface area contributed by atoms with Gasteiger partial charge in [-0.05, 0) is 48.4 Å². The smallest absolute Gasteiger partial charge is 0.181 e. The highest BCUT2D eigenvalue weighted by atomic mass is 16.5. The number of hydrogen-bond acceptors (Lipinski definition) is 5. The van der Waals surface area contributed by atoms with Gasteiger partial charge in [0.15, 0.2) is 5.65 Å². The fraction of sp³-hybridized carbons (Fsp3) is 0.174. The Balaban J connectivity index is 1.38. The Hall–Kier alpha value is -3.51. The summed E-state index contributed by atoms with van der Waals surface area (Å²) in [5.41, 5.74) is 5.88. The Kier molecular flexibility index (Phi) is 4.76. The highest BCUT2D eigenvalue weighted by Crippen LogP contribution is 2.27. The third-order valence-electron chi connectivity index (χ3n) is 5.03. The summed E-state index contributed by atoms with van der Waals surface area (Å²) in [4.78, 5) is 16.9.